The highest BCUT2D eigenvalue weighted by Crippen LogP contribution is 2.28. The van der Waals surface area contributed by atoms with Crippen LogP contribution in [0, 0.1) is 0 Å². The van der Waals surface area contributed by atoms with Crippen LogP contribution < -0.4 is 4.74 Å². The van der Waals surface area contributed by atoms with Gasteiger partial charge in [0.25, 0.3) is 0 Å². The molecular weight excluding hydrogens is 302 g/mol. The maximum absolute atomic E-state index is 10.8. The van der Waals surface area contributed by atoms with Gasteiger partial charge in [0.2, 0.25) is 0 Å². The number of nitrogens with zero attached hydrogens (tertiary/aromatic N) is 1. The zero-order chi connectivity index (χ0) is 16.8. The number of aromatic nitrogens is 1. The monoisotopic (exact) mass is 321 g/mol. The lowest BCUT2D eigenvalue weighted by molar-refractivity contribution is 0.0136. The molecule has 2 N–H and O–H groups in total. The molecule has 4 heteroatoms. The van der Waals surface area contributed by atoms with Gasteiger partial charge in [0.05, 0.1) is 18.5 Å². The summed E-state index contributed by atoms with van der Waals surface area (Å²) in [5.74, 6) is 0.607. The van der Waals surface area contributed by atoms with Crippen LogP contribution in [0.4, 0.5) is 0 Å². The third kappa shape index (κ3) is 3.45. The van der Waals surface area contributed by atoms with Crippen LogP contribution in [-0.2, 0) is 12.2 Å². The Hall–Kier alpha value is -2.69. The molecule has 1 unspecified atom stereocenters. The quantitative estimate of drug-likeness (QED) is 0.733. The number of aliphatic hydroxyl groups excluding tert-OH is 1. The van der Waals surface area contributed by atoms with Crippen LogP contribution in [0.15, 0.2) is 79.0 Å². The Morgan fingerprint density at radius 3 is 2.12 bits per heavy atom. The van der Waals surface area contributed by atoms with Gasteiger partial charge in [-0.3, -0.25) is 4.98 Å². The van der Waals surface area contributed by atoms with E-state index < -0.39 is 12.2 Å². The van der Waals surface area contributed by atoms with Crippen molar-refractivity contribution < 1.29 is 14.9 Å². The van der Waals surface area contributed by atoms with Crippen LogP contribution in [0.5, 0.6) is 5.75 Å². The summed E-state index contributed by atoms with van der Waals surface area (Å²) in [5, 5.41) is 20.5. The van der Waals surface area contributed by atoms with Crippen molar-refractivity contribution in [1.82, 2.24) is 4.98 Å². The number of benzene rings is 2. The minimum atomic E-state index is -1.53. The molecule has 0 radical (unpaired) electrons. The molecule has 3 aromatic rings. The zero-order valence-corrected chi connectivity index (χ0v) is 13.2. The standard InChI is InChI=1S/C20H19NO3/c22-15-20(23,17-9-5-2-6-10-17)19-12-11-18(13-21-19)24-14-16-7-3-1-4-8-16/h1-13,22-23H,14-15H2. The summed E-state index contributed by atoms with van der Waals surface area (Å²) >= 11 is 0. The average molecular weight is 321 g/mol. The molecule has 0 fully saturated rings. The molecule has 24 heavy (non-hydrogen) atoms. The van der Waals surface area contributed by atoms with Crippen molar-refractivity contribution in [3.63, 3.8) is 0 Å². The maximum Gasteiger partial charge on any atom is 0.154 e. The third-order valence-electron chi connectivity index (χ3n) is 3.89. The van der Waals surface area contributed by atoms with Gasteiger partial charge < -0.3 is 14.9 Å². The first kappa shape index (κ1) is 16.2. The Kier molecular flexibility index (Phi) is 4.89. The summed E-state index contributed by atoms with van der Waals surface area (Å²) in [6.45, 7) is -0.000940. The van der Waals surface area contributed by atoms with E-state index in [4.69, 9.17) is 4.74 Å². The maximum atomic E-state index is 10.8. The predicted molar refractivity (Wildman–Crippen MR) is 91.5 cm³/mol. The van der Waals surface area contributed by atoms with Gasteiger partial charge >= 0.3 is 0 Å². The van der Waals surface area contributed by atoms with E-state index in [1.807, 2.05) is 48.5 Å². The van der Waals surface area contributed by atoms with E-state index in [0.717, 1.165) is 5.56 Å². The second-order valence-electron chi connectivity index (χ2n) is 5.54. The summed E-state index contributed by atoms with van der Waals surface area (Å²) < 4.78 is 5.69. The summed E-state index contributed by atoms with van der Waals surface area (Å²) in [4.78, 5) is 4.28. The average Bonchev–Trinajstić information content (AvgIpc) is 2.67. The summed E-state index contributed by atoms with van der Waals surface area (Å²) in [6.07, 6.45) is 1.56. The van der Waals surface area contributed by atoms with Crippen LogP contribution in [0.3, 0.4) is 0 Å². The molecular formula is C20H19NO3. The summed E-state index contributed by atoms with van der Waals surface area (Å²) in [7, 11) is 0. The molecule has 0 aliphatic heterocycles. The first-order valence-corrected chi connectivity index (χ1v) is 7.74. The minimum absolute atomic E-state index is 0.378. The summed E-state index contributed by atoms with van der Waals surface area (Å²) in [6, 6.07) is 22.3. The number of pyridine rings is 1. The zero-order valence-electron chi connectivity index (χ0n) is 13.2. The minimum Gasteiger partial charge on any atom is -0.487 e. The largest absolute Gasteiger partial charge is 0.487 e. The normalized spacial score (nSPS) is 13.2. The van der Waals surface area contributed by atoms with Crippen molar-refractivity contribution in [1.29, 1.82) is 0 Å². The molecule has 1 heterocycles. The fraction of sp³-hybridized carbons (Fsp3) is 0.150. The van der Waals surface area contributed by atoms with Crippen molar-refractivity contribution in [3.05, 3.63) is 95.8 Å². The smallest absolute Gasteiger partial charge is 0.154 e. The molecule has 1 atom stereocenters. The van der Waals surface area contributed by atoms with Gasteiger partial charge in [-0.1, -0.05) is 60.7 Å². The topological polar surface area (TPSA) is 62.6 Å². The first-order chi connectivity index (χ1) is 11.7. The van der Waals surface area contributed by atoms with Gasteiger partial charge in [0.1, 0.15) is 12.4 Å². The van der Waals surface area contributed by atoms with Gasteiger partial charge in [-0.05, 0) is 23.3 Å². The van der Waals surface area contributed by atoms with Crippen LogP contribution in [-0.4, -0.2) is 21.8 Å². The number of hydrogen-bond donors (Lipinski definition) is 2. The van der Waals surface area contributed by atoms with E-state index in [1.54, 1.807) is 30.5 Å². The molecule has 122 valence electrons. The molecule has 0 bridgehead atoms. The molecule has 4 nitrogen and oxygen atoms in total. The second-order valence-corrected chi connectivity index (χ2v) is 5.54. The Morgan fingerprint density at radius 2 is 1.54 bits per heavy atom. The number of rotatable bonds is 6. The summed E-state index contributed by atoms with van der Waals surface area (Å²) in [5.41, 5.74) is 0.512. The lowest BCUT2D eigenvalue weighted by Crippen LogP contribution is -2.32. The fourth-order valence-electron chi connectivity index (χ4n) is 2.49. The van der Waals surface area contributed by atoms with E-state index in [-0.39, 0.29) is 0 Å². The lowest BCUT2D eigenvalue weighted by Gasteiger charge is -2.26. The van der Waals surface area contributed by atoms with E-state index in [9.17, 15) is 10.2 Å². The van der Waals surface area contributed by atoms with Crippen LogP contribution in [0.1, 0.15) is 16.8 Å². The highest BCUT2D eigenvalue weighted by atomic mass is 16.5. The van der Waals surface area contributed by atoms with Crippen molar-refractivity contribution in [2.24, 2.45) is 0 Å². The number of ether oxygens (including phenoxy) is 1. The second kappa shape index (κ2) is 7.25. The molecule has 0 saturated heterocycles. The molecule has 2 aromatic carbocycles. The van der Waals surface area contributed by atoms with E-state index in [2.05, 4.69) is 4.98 Å². The molecule has 3 rings (SSSR count). The highest BCUT2D eigenvalue weighted by molar-refractivity contribution is 5.34. The highest BCUT2D eigenvalue weighted by Gasteiger charge is 2.32. The molecule has 0 aliphatic rings. The SMILES string of the molecule is OCC(O)(c1ccccc1)c1ccc(OCc2ccccc2)cn1. The number of aliphatic hydroxyl groups is 2. The van der Waals surface area contributed by atoms with Gasteiger partial charge in [0.15, 0.2) is 5.60 Å². The van der Waals surface area contributed by atoms with E-state index in [0.29, 0.717) is 23.6 Å². The molecule has 0 aliphatic carbocycles. The van der Waals surface area contributed by atoms with Crippen LogP contribution in [0.2, 0.25) is 0 Å². The molecule has 1 aromatic heterocycles. The van der Waals surface area contributed by atoms with Crippen molar-refractivity contribution in [2.75, 3.05) is 6.61 Å². The molecule has 0 amide bonds. The van der Waals surface area contributed by atoms with Crippen molar-refractivity contribution >= 4 is 0 Å². The molecule has 0 spiro atoms. The van der Waals surface area contributed by atoms with Crippen LogP contribution in [0.25, 0.3) is 0 Å². The van der Waals surface area contributed by atoms with E-state index in [1.165, 1.54) is 0 Å². The van der Waals surface area contributed by atoms with Crippen molar-refractivity contribution in [3.8, 4) is 5.75 Å². The Balaban J connectivity index is 1.76. The Bertz CT molecular complexity index is 760. The fourth-order valence-corrected chi connectivity index (χ4v) is 2.49. The van der Waals surface area contributed by atoms with Gasteiger partial charge in [-0.2, -0.15) is 0 Å². The first-order valence-electron chi connectivity index (χ1n) is 7.74. The third-order valence-corrected chi connectivity index (χ3v) is 3.89. The van der Waals surface area contributed by atoms with Gasteiger partial charge in [0, 0.05) is 0 Å². The Labute approximate surface area is 141 Å². The van der Waals surface area contributed by atoms with Gasteiger partial charge in [-0.25, -0.2) is 0 Å². The van der Waals surface area contributed by atoms with E-state index >= 15 is 0 Å². The predicted octanol–water partition coefficient (Wildman–Crippen LogP) is 2.89. The van der Waals surface area contributed by atoms with Gasteiger partial charge in [-0.15, -0.1) is 0 Å². The number of hydrogen-bond acceptors (Lipinski definition) is 4. The van der Waals surface area contributed by atoms with Crippen molar-refractivity contribution in [2.45, 2.75) is 12.2 Å². The Morgan fingerprint density at radius 1 is 0.875 bits per heavy atom. The van der Waals surface area contributed by atoms with Crippen LogP contribution >= 0.6 is 0 Å². The lowest BCUT2D eigenvalue weighted by atomic mass is 9.91. The molecule has 0 saturated carbocycles.